The third-order valence-corrected chi connectivity index (χ3v) is 6.29. The fraction of sp³-hybridized carbons (Fsp3) is 0.696. The van der Waals surface area contributed by atoms with Crippen molar-refractivity contribution in [3.05, 3.63) is 35.4 Å². The van der Waals surface area contributed by atoms with Crippen LogP contribution in [0.1, 0.15) is 50.2 Å². The Hall–Kier alpha value is -1.39. The first kappa shape index (κ1) is 20.3. The highest BCUT2D eigenvalue weighted by molar-refractivity contribution is 5.77. The second kappa shape index (κ2) is 9.70. The largest absolute Gasteiger partial charge is 0.379 e. The van der Waals surface area contributed by atoms with Gasteiger partial charge in [0.25, 0.3) is 0 Å². The highest BCUT2D eigenvalue weighted by atomic mass is 16.5. The van der Waals surface area contributed by atoms with Crippen molar-refractivity contribution in [1.82, 2.24) is 9.80 Å². The maximum atomic E-state index is 12.9. The molecule has 0 aromatic heterocycles. The number of hydrogen-bond acceptors (Lipinski definition) is 3. The van der Waals surface area contributed by atoms with Crippen LogP contribution in [0.2, 0.25) is 0 Å². The molecule has 4 heteroatoms. The van der Waals surface area contributed by atoms with Crippen LogP contribution in [0.25, 0.3) is 0 Å². The van der Waals surface area contributed by atoms with Gasteiger partial charge in [0.1, 0.15) is 0 Å². The average Bonchev–Trinajstić information content (AvgIpc) is 2.68. The molecule has 2 aliphatic rings. The van der Waals surface area contributed by atoms with Gasteiger partial charge in [-0.15, -0.1) is 0 Å². The first-order valence-electron chi connectivity index (χ1n) is 10.7. The van der Waals surface area contributed by atoms with Gasteiger partial charge in [-0.2, -0.15) is 0 Å². The number of benzene rings is 1. The summed E-state index contributed by atoms with van der Waals surface area (Å²) in [6.07, 6.45) is 2.91. The zero-order valence-electron chi connectivity index (χ0n) is 17.3. The number of likely N-dealkylation sites (tertiary alicyclic amines) is 1. The lowest BCUT2D eigenvalue weighted by Gasteiger charge is -2.36. The molecule has 0 radical (unpaired) electrons. The van der Waals surface area contributed by atoms with Crippen LogP contribution < -0.4 is 0 Å². The standard InChI is InChI=1S/C23H36N2O2/c1-18(2)22(21-6-4-19(3)5-7-21)16-23(26)25-10-8-20(9-11-25)17-24-12-14-27-15-13-24/h4-7,18,20,22H,8-17H2,1-3H3. The summed E-state index contributed by atoms with van der Waals surface area (Å²) in [6.45, 7) is 13.4. The van der Waals surface area contributed by atoms with E-state index in [9.17, 15) is 4.79 Å². The Morgan fingerprint density at radius 1 is 1.07 bits per heavy atom. The third-order valence-electron chi connectivity index (χ3n) is 6.29. The van der Waals surface area contributed by atoms with Crippen molar-refractivity contribution < 1.29 is 9.53 Å². The van der Waals surface area contributed by atoms with Crippen molar-refractivity contribution in [2.24, 2.45) is 11.8 Å². The van der Waals surface area contributed by atoms with Crippen LogP contribution in [-0.4, -0.2) is 61.6 Å². The summed E-state index contributed by atoms with van der Waals surface area (Å²) in [7, 11) is 0. The molecule has 3 rings (SSSR count). The van der Waals surface area contributed by atoms with E-state index in [-0.39, 0.29) is 0 Å². The number of carbonyl (C=O) groups is 1. The molecular weight excluding hydrogens is 336 g/mol. The smallest absolute Gasteiger partial charge is 0.223 e. The number of hydrogen-bond donors (Lipinski definition) is 0. The lowest BCUT2D eigenvalue weighted by molar-refractivity contribution is -0.133. The van der Waals surface area contributed by atoms with E-state index in [0.717, 1.165) is 58.2 Å². The third kappa shape index (κ3) is 5.79. The molecule has 0 saturated carbocycles. The Balaban J connectivity index is 1.49. The van der Waals surface area contributed by atoms with Crippen LogP contribution in [0.3, 0.4) is 0 Å². The lowest BCUT2D eigenvalue weighted by Crippen LogP contribution is -2.44. The number of nitrogens with zero attached hydrogens (tertiary/aromatic N) is 2. The molecular formula is C23H36N2O2. The van der Waals surface area contributed by atoms with Gasteiger partial charge in [0, 0.05) is 39.1 Å². The molecule has 1 amide bonds. The maximum absolute atomic E-state index is 12.9. The minimum atomic E-state index is 0.309. The number of carbonyl (C=O) groups excluding carboxylic acids is 1. The van der Waals surface area contributed by atoms with Crippen molar-refractivity contribution in [2.75, 3.05) is 45.9 Å². The zero-order valence-corrected chi connectivity index (χ0v) is 17.3. The van der Waals surface area contributed by atoms with Crippen LogP contribution in [0.5, 0.6) is 0 Å². The molecule has 2 saturated heterocycles. The quantitative estimate of drug-likeness (QED) is 0.763. The molecule has 0 N–H and O–H groups in total. The van der Waals surface area contributed by atoms with Crippen LogP contribution in [0, 0.1) is 18.8 Å². The highest BCUT2D eigenvalue weighted by Gasteiger charge is 2.27. The van der Waals surface area contributed by atoms with E-state index >= 15 is 0 Å². The van der Waals surface area contributed by atoms with Gasteiger partial charge < -0.3 is 9.64 Å². The lowest BCUT2D eigenvalue weighted by atomic mass is 9.84. The highest BCUT2D eigenvalue weighted by Crippen LogP contribution is 2.30. The second-order valence-electron chi connectivity index (χ2n) is 8.70. The predicted molar refractivity (Wildman–Crippen MR) is 110 cm³/mol. The normalized spacial score (nSPS) is 20.8. The summed E-state index contributed by atoms with van der Waals surface area (Å²) in [5.74, 6) is 1.84. The monoisotopic (exact) mass is 372 g/mol. The van der Waals surface area contributed by atoms with E-state index in [2.05, 4.69) is 54.8 Å². The van der Waals surface area contributed by atoms with E-state index in [0.29, 0.717) is 24.2 Å². The summed E-state index contributed by atoms with van der Waals surface area (Å²) in [5, 5.41) is 0. The van der Waals surface area contributed by atoms with E-state index < -0.39 is 0 Å². The van der Waals surface area contributed by atoms with Gasteiger partial charge in [-0.25, -0.2) is 0 Å². The minimum Gasteiger partial charge on any atom is -0.379 e. The molecule has 1 atom stereocenters. The van der Waals surface area contributed by atoms with Crippen LogP contribution in [0.15, 0.2) is 24.3 Å². The molecule has 4 nitrogen and oxygen atoms in total. The molecule has 2 aliphatic heterocycles. The van der Waals surface area contributed by atoms with Crippen molar-refractivity contribution in [1.29, 1.82) is 0 Å². The zero-order chi connectivity index (χ0) is 19.2. The Labute approximate surface area is 164 Å². The van der Waals surface area contributed by atoms with E-state index in [1.165, 1.54) is 17.7 Å². The fourth-order valence-electron chi connectivity index (χ4n) is 4.38. The Bertz CT molecular complexity index is 585. The minimum absolute atomic E-state index is 0.309. The molecule has 0 bridgehead atoms. The number of rotatable bonds is 6. The summed E-state index contributed by atoms with van der Waals surface area (Å²) < 4.78 is 5.44. The van der Waals surface area contributed by atoms with Gasteiger partial charge in [0.2, 0.25) is 5.91 Å². The Morgan fingerprint density at radius 3 is 2.30 bits per heavy atom. The Kier molecular flexibility index (Phi) is 7.31. The maximum Gasteiger partial charge on any atom is 0.223 e. The van der Waals surface area contributed by atoms with Gasteiger partial charge in [-0.1, -0.05) is 43.7 Å². The number of morpholine rings is 1. The summed E-state index contributed by atoms with van der Waals surface area (Å²) in [4.78, 5) is 17.6. The van der Waals surface area contributed by atoms with Crippen LogP contribution in [-0.2, 0) is 9.53 Å². The second-order valence-corrected chi connectivity index (χ2v) is 8.70. The molecule has 1 aromatic carbocycles. The van der Waals surface area contributed by atoms with Gasteiger partial charge in [-0.05, 0) is 43.1 Å². The summed E-state index contributed by atoms with van der Waals surface area (Å²) in [6, 6.07) is 8.71. The molecule has 1 aromatic rings. The van der Waals surface area contributed by atoms with Gasteiger partial charge in [0.15, 0.2) is 0 Å². The van der Waals surface area contributed by atoms with Gasteiger partial charge >= 0.3 is 0 Å². The molecule has 2 heterocycles. The Morgan fingerprint density at radius 2 is 1.70 bits per heavy atom. The van der Waals surface area contributed by atoms with Crippen molar-refractivity contribution in [3.63, 3.8) is 0 Å². The van der Waals surface area contributed by atoms with Crippen molar-refractivity contribution in [2.45, 2.75) is 46.0 Å². The van der Waals surface area contributed by atoms with Crippen molar-refractivity contribution >= 4 is 5.91 Å². The summed E-state index contributed by atoms with van der Waals surface area (Å²) >= 11 is 0. The topological polar surface area (TPSA) is 32.8 Å². The molecule has 0 aliphatic carbocycles. The van der Waals surface area contributed by atoms with Crippen LogP contribution >= 0.6 is 0 Å². The molecule has 0 spiro atoms. The number of amides is 1. The summed E-state index contributed by atoms with van der Waals surface area (Å²) in [5.41, 5.74) is 2.57. The first-order chi connectivity index (χ1) is 13.0. The van der Waals surface area contributed by atoms with E-state index in [1.54, 1.807) is 0 Å². The molecule has 27 heavy (non-hydrogen) atoms. The van der Waals surface area contributed by atoms with E-state index in [1.807, 2.05) is 0 Å². The molecule has 150 valence electrons. The molecule has 1 unspecified atom stereocenters. The SMILES string of the molecule is Cc1ccc(C(CC(=O)N2CCC(CN3CCOCC3)CC2)C(C)C)cc1. The van der Waals surface area contributed by atoms with E-state index in [4.69, 9.17) is 4.74 Å². The van der Waals surface area contributed by atoms with Gasteiger partial charge in [-0.3, -0.25) is 9.69 Å². The van der Waals surface area contributed by atoms with Crippen LogP contribution in [0.4, 0.5) is 0 Å². The van der Waals surface area contributed by atoms with Crippen molar-refractivity contribution in [3.8, 4) is 0 Å². The number of piperidine rings is 1. The molecule has 2 fully saturated rings. The first-order valence-corrected chi connectivity index (χ1v) is 10.7. The predicted octanol–water partition coefficient (Wildman–Crippen LogP) is 3.70. The number of ether oxygens (including phenoxy) is 1. The number of aryl methyl sites for hydroxylation is 1. The fourth-order valence-corrected chi connectivity index (χ4v) is 4.38. The average molecular weight is 373 g/mol. The van der Waals surface area contributed by atoms with Gasteiger partial charge in [0.05, 0.1) is 13.2 Å².